The van der Waals surface area contributed by atoms with Crippen molar-refractivity contribution in [2.75, 3.05) is 28.6 Å². The van der Waals surface area contributed by atoms with Crippen LogP contribution in [0, 0.1) is 5.92 Å². The van der Waals surface area contributed by atoms with Crippen LogP contribution in [0.3, 0.4) is 0 Å². The lowest BCUT2D eigenvalue weighted by Gasteiger charge is -2.21. The summed E-state index contributed by atoms with van der Waals surface area (Å²) < 4.78 is 0. The topological polar surface area (TPSA) is 70.2 Å². The number of amides is 1. The highest BCUT2D eigenvalue weighted by Crippen LogP contribution is 2.20. The van der Waals surface area contributed by atoms with Gasteiger partial charge in [-0.15, -0.1) is 10.2 Å². The van der Waals surface area contributed by atoms with Crippen LogP contribution >= 0.6 is 0 Å². The smallest absolute Gasteiger partial charge is 0.228 e. The lowest BCUT2D eigenvalue weighted by atomic mass is 10.2. The Hall–Kier alpha value is -2.63. The van der Waals surface area contributed by atoms with Gasteiger partial charge in [0.1, 0.15) is 0 Å². The molecule has 2 rings (SSSR count). The Morgan fingerprint density at radius 2 is 1.58 bits per heavy atom. The van der Waals surface area contributed by atoms with Crippen molar-refractivity contribution in [2.45, 2.75) is 27.7 Å². The van der Waals surface area contributed by atoms with Gasteiger partial charge in [-0.3, -0.25) is 4.79 Å². The monoisotopic (exact) mass is 327 g/mol. The molecule has 0 atom stereocenters. The zero-order valence-electron chi connectivity index (χ0n) is 14.7. The fourth-order valence-corrected chi connectivity index (χ4v) is 2.23. The highest BCUT2D eigenvalue weighted by Gasteiger charge is 2.08. The van der Waals surface area contributed by atoms with Gasteiger partial charge in [0.25, 0.3) is 0 Å². The van der Waals surface area contributed by atoms with E-state index < -0.39 is 0 Å². The van der Waals surface area contributed by atoms with E-state index in [0.717, 1.165) is 18.8 Å². The van der Waals surface area contributed by atoms with Gasteiger partial charge in [0, 0.05) is 30.4 Å². The molecule has 1 aromatic carbocycles. The van der Waals surface area contributed by atoms with Gasteiger partial charge in [-0.1, -0.05) is 13.8 Å². The third-order valence-corrected chi connectivity index (χ3v) is 3.71. The summed E-state index contributed by atoms with van der Waals surface area (Å²) in [6.45, 7) is 9.92. The van der Waals surface area contributed by atoms with Crippen LogP contribution in [0.25, 0.3) is 0 Å². The SMILES string of the molecule is CCN(CC)c1ccc(Nc2ccc(NC(=O)C(C)C)nn2)cc1. The van der Waals surface area contributed by atoms with E-state index in [-0.39, 0.29) is 11.8 Å². The van der Waals surface area contributed by atoms with Gasteiger partial charge in [-0.2, -0.15) is 0 Å². The molecule has 1 heterocycles. The van der Waals surface area contributed by atoms with Crippen LogP contribution in [0.4, 0.5) is 23.0 Å². The lowest BCUT2D eigenvalue weighted by molar-refractivity contribution is -0.118. The van der Waals surface area contributed by atoms with Crippen molar-refractivity contribution in [3.8, 4) is 0 Å². The molecule has 0 fully saturated rings. The van der Waals surface area contributed by atoms with Crippen molar-refractivity contribution in [1.29, 1.82) is 0 Å². The number of benzene rings is 1. The number of hydrogen-bond acceptors (Lipinski definition) is 5. The van der Waals surface area contributed by atoms with E-state index in [4.69, 9.17) is 0 Å². The first-order chi connectivity index (χ1) is 11.5. The van der Waals surface area contributed by atoms with Crippen molar-refractivity contribution in [3.63, 3.8) is 0 Å². The average molecular weight is 327 g/mol. The van der Waals surface area contributed by atoms with Crippen LogP contribution < -0.4 is 15.5 Å². The van der Waals surface area contributed by atoms with Gasteiger partial charge < -0.3 is 15.5 Å². The van der Waals surface area contributed by atoms with E-state index in [2.05, 4.69) is 51.7 Å². The number of aromatic nitrogens is 2. The molecule has 0 aliphatic rings. The normalized spacial score (nSPS) is 10.5. The maximum absolute atomic E-state index is 11.6. The van der Waals surface area contributed by atoms with Crippen molar-refractivity contribution < 1.29 is 4.79 Å². The summed E-state index contributed by atoms with van der Waals surface area (Å²) in [4.78, 5) is 13.9. The number of nitrogens with one attached hydrogen (secondary N) is 2. The molecule has 128 valence electrons. The molecule has 0 bridgehead atoms. The summed E-state index contributed by atoms with van der Waals surface area (Å²) in [7, 11) is 0. The zero-order chi connectivity index (χ0) is 17.5. The number of carbonyl (C=O) groups is 1. The van der Waals surface area contributed by atoms with Gasteiger partial charge in [0.05, 0.1) is 0 Å². The molecule has 6 heteroatoms. The highest BCUT2D eigenvalue weighted by molar-refractivity contribution is 5.91. The number of carbonyl (C=O) groups excluding carboxylic acids is 1. The fourth-order valence-electron chi connectivity index (χ4n) is 2.23. The molecular formula is C18H25N5O. The molecule has 0 radical (unpaired) electrons. The van der Waals surface area contributed by atoms with Crippen molar-refractivity contribution in [3.05, 3.63) is 36.4 Å². The van der Waals surface area contributed by atoms with Gasteiger partial charge in [0.2, 0.25) is 5.91 Å². The van der Waals surface area contributed by atoms with Gasteiger partial charge in [0.15, 0.2) is 11.6 Å². The number of nitrogens with zero attached hydrogens (tertiary/aromatic N) is 3. The van der Waals surface area contributed by atoms with Crippen LogP contribution in [-0.2, 0) is 4.79 Å². The first-order valence-electron chi connectivity index (χ1n) is 8.30. The molecule has 0 aliphatic carbocycles. The van der Waals surface area contributed by atoms with Crippen molar-refractivity contribution >= 4 is 28.9 Å². The van der Waals surface area contributed by atoms with E-state index in [1.54, 1.807) is 12.1 Å². The Bertz CT molecular complexity index is 648. The summed E-state index contributed by atoms with van der Waals surface area (Å²) in [6, 6.07) is 11.7. The zero-order valence-corrected chi connectivity index (χ0v) is 14.7. The van der Waals surface area contributed by atoms with Crippen LogP contribution in [0.15, 0.2) is 36.4 Å². The molecule has 2 aromatic rings. The molecule has 2 N–H and O–H groups in total. The van der Waals surface area contributed by atoms with Crippen molar-refractivity contribution in [1.82, 2.24) is 10.2 Å². The van der Waals surface area contributed by atoms with Gasteiger partial charge in [-0.05, 0) is 50.2 Å². The third-order valence-electron chi connectivity index (χ3n) is 3.71. The van der Waals surface area contributed by atoms with Gasteiger partial charge in [-0.25, -0.2) is 0 Å². The van der Waals surface area contributed by atoms with E-state index >= 15 is 0 Å². The maximum atomic E-state index is 11.6. The Balaban J connectivity index is 1.99. The predicted molar refractivity (Wildman–Crippen MR) is 98.8 cm³/mol. The maximum Gasteiger partial charge on any atom is 0.228 e. The molecule has 0 spiro atoms. The molecule has 1 amide bonds. The molecule has 24 heavy (non-hydrogen) atoms. The van der Waals surface area contributed by atoms with Crippen LogP contribution in [0.5, 0.6) is 0 Å². The van der Waals surface area contributed by atoms with Crippen molar-refractivity contribution in [2.24, 2.45) is 5.92 Å². The minimum atomic E-state index is -0.0890. The average Bonchev–Trinajstić information content (AvgIpc) is 2.59. The van der Waals surface area contributed by atoms with Crippen LogP contribution in [0.2, 0.25) is 0 Å². The Kier molecular flexibility index (Phi) is 6.12. The second-order valence-electron chi connectivity index (χ2n) is 5.79. The Morgan fingerprint density at radius 1 is 1.00 bits per heavy atom. The first-order valence-corrected chi connectivity index (χ1v) is 8.30. The third kappa shape index (κ3) is 4.68. The summed E-state index contributed by atoms with van der Waals surface area (Å²) in [5, 5.41) is 14.0. The quantitative estimate of drug-likeness (QED) is 0.812. The number of hydrogen-bond donors (Lipinski definition) is 2. The number of anilines is 4. The number of rotatable bonds is 7. The largest absolute Gasteiger partial charge is 0.372 e. The molecular weight excluding hydrogens is 302 g/mol. The lowest BCUT2D eigenvalue weighted by Crippen LogP contribution is -2.21. The predicted octanol–water partition coefficient (Wildman–Crippen LogP) is 3.66. The summed E-state index contributed by atoms with van der Waals surface area (Å²) in [6.07, 6.45) is 0. The molecule has 1 aromatic heterocycles. The molecule has 0 saturated carbocycles. The van der Waals surface area contributed by atoms with E-state index in [0.29, 0.717) is 11.6 Å². The van der Waals surface area contributed by atoms with Crippen LogP contribution in [-0.4, -0.2) is 29.2 Å². The van der Waals surface area contributed by atoms with E-state index in [1.165, 1.54) is 5.69 Å². The fraction of sp³-hybridized carbons (Fsp3) is 0.389. The molecule has 6 nitrogen and oxygen atoms in total. The minimum absolute atomic E-state index is 0.0722. The summed E-state index contributed by atoms with van der Waals surface area (Å²) in [5.41, 5.74) is 2.14. The Morgan fingerprint density at radius 3 is 2.08 bits per heavy atom. The standard InChI is InChI=1S/C18H25N5O/c1-5-23(6-2)15-9-7-14(8-10-15)19-16-11-12-17(22-21-16)20-18(24)13(3)4/h7-13H,5-6H2,1-4H3,(H,19,21)(H,20,22,24). The first kappa shape index (κ1) is 17.7. The highest BCUT2D eigenvalue weighted by atomic mass is 16.1. The molecule has 0 saturated heterocycles. The summed E-state index contributed by atoms with van der Waals surface area (Å²) in [5.74, 6) is 0.926. The summed E-state index contributed by atoms with van der Waals surface area (Å²) >= 11 is 0. The van der Waals surface area contributed by atoms with E-state index in [1.807, 2.05) is 26.0 Å². The Labute approximate surface area is 143 Å². The molecule has 0 unspecified atom stereocenters. The second-order valence-corrected chi connectivity index (χ2v) is 5.79. The van der Waals surface area contributed by atoms with E-state index in [9.17, 15) is 4.79 Å². The molecule has 0 aliphatic heterocycles. The van der Waals surface area contributed by atoms with Gasteiger partial charge >= 0.3 is 0 Å². The minimum Gasteiger partial charge on any atom is -0.372 e. The second kappa shape index (κ2) is 8.29. The van der Waals surface area contributed by atoms with Crippen LogP contribution in [0.1, 0.15) is 27.7 Å².